The third-order valence-electron chi connectivity index (χ3n) is 3.35. The van der Waals surface area contributed by atoms with Crippen LogP contribution in [0.4, 0.5) is 8.78 Å². The fourth-order valence-corrected chi connectivity index (χ4v) is 2.86. The van der Waals surface area contributed by atoms with Gasteiger partial charge in [0, 0.05) is 25.0 Å². The van der Waals surface area contributed by atoms with Crippen molar-refractivity contribution in [2.45, 2.75) is 29.6 Å². The maximum Gasteiger partial charge on any atom is 0.249 e. The van der Waals surface area contributed by atoms with Gasteiger partial charge in [0.25, 0.3) is 0 Å². The van der Waals surface area contributed by atoms with Crippen molar-refractivity contribution >= 4 is 15.5 Å². The van der Waals surface area contributed by atoms with Gasteiger partial charge in [-0.15, -0.1) is 0 Å². The van der Waals surface area contributed by atoms with Crippen LogP contribution in [0, 0.1) is 0 Å². The zero-order chi connectivity index (χ0) is 13.8. The van der Waals surface area contributed by atoms with Crippen LogP contribution in [0.15, 0.2) is 29.6 Å². The minimum Gasteiger partial charge on any atom is -0.306 e. The largest absolute Gasteiger partial charge is 0.306 e. The van der Waals surface area contributed by atoms with E-state index in [1.165, 1.54) is 24.7 Å². The standard InChI is InChI=1S/C11H11F2N3O2S/c12-11(13)4-7(5-11)10-9-3-8(19(14,17)18)1-2-16(9)6-15-10/h1-3,6-7H,4-5H2,(H2,14,17,18). The Labute approximate surface area is 108 Å². The summed E-state index contributed by atoms with van der Waals surface area (Å²) in [5.41, 5.74) is 1.00. The molecule has 1 aliphatic rings. The van der Waals surface area contributed by atoms with Crippen molar-refractivity contribution < 1.29 is 17.2 Å². The van der Waals surface area contributed by atoms with Crippen LogP contribution < -0.4 is 5.14 Å². The lowest BCUT2D eigenvalue weighted by Crippen LogP contribution is -2.33. The number of pyridine rings is 1. The second-order valence-corrected chi connectivity index (χ2v) is 6.35. The molecular formula is C11H11F2N3O2S. The monoisotopic (exact) mass is 287 g/mol. The van der Waals surface area contributed by atoms with Gasteiger partial charge in [-0.3, -0.25) is 0 Å². The number of primary sulfonamides is 1. The average Bonchev–Trinajstić information content (AvgIpc) is 2.66. The Hall–Kier alpha value is -1.54. The van der Waals surface area contributed by atoms with Gasteiger partial charge in [0.05, 0.1) is 22.4 Å². The normalized spacial score (nSPS) is 19.5. The third kappa shape index (κ3) is 2.10. The maximum atomic E-state index is 12.9. The molecule has 2 heterocycles. The van der Waals surface area contributed by atoms with Crippen molar-refractivity contribution in [3.63, 3.8) is 0 Å². The molecule has 19 heavy (non-hydrogen) atoms. The van der Waals surface area contributed by atoms with Gasteiger partial charge in [0.1, 0.15) is 0 Å². The molecule has 0 unspecified atom stereocenters. The number of rotatable bonds is 2. The summed E-state index contributed by atoms with van der Waals surface area (Å²) in [7, 11) is -3.82. The number of hydrogen-bond acceptors (Lipinski definition) is 3. The molecule has 3 rings (SSSR count). The zero-order valence-corrected chi connectivity index (χ0v) is 10.6. The van der Waals surface area contributed by atoms with Gasteiger partial charge in [-0.25, -0.2) is 27.3 Å². The first-order chi connectivity index (χ1) is 8.76. The first-order valence-electron chi connectivity index (χ1n) is 5.63. The topological polar surface area (TPSA) is 77.5 Å². The lowest BCUT2D eigenvalue weighted by Gasteiger charge is -2.33. The molecule has 0 radical (unpaired) electrons. The molecule has 0 saturated heterocycles. The lowest BCUT2D eigenvalue weighted by atomic mass is 9.79. The third-order valence-corrected chi connectivity index (χ3v) is 4.26. The zero-order valence-electron chi connectivity index (χ0n) is 9.75. The van der Waals surface area contributed by atoms with Crippen LogP contribution >= 0.6 is 0 Å². The number of imidazole rings is 1. The van der Waals surface area contributed by atoms with E-state index in [4.69, 9.17) is 5.14 Å². The van der Waals surface area contributed by atoms with Crippen LogP contribution in [0.25, 0.3) is 5.52 Å². The fraction of sp³-hybridized carbons (Fsp3) is 0.364. The number of hydrogen-bond donors (Lipinski definition) is 1. The van der Waals surface area contributed by atoms with Gasteiger partial charge < -0.3 is 4.40 Å². The van der Waals surface area contributed by atoms with Gasteiger partial charge in [-0.05, 0) is 12.1 Å². The minimum atomic E-state index is -3.82. The number of sulfonamides is 1. The highest BCUT2D eigenvalue weighted by Crippen LogP contribution is 2.48. The SMILES string of the molecule is NS(=O)(=O)c1ccn2cnc(C3CC(F)(F)C3)c2c1. The molecule has 2 aromatic rings. The fourth-order valence-electron chi connectivity index (χ4n) is 2.33. The average molecular weight is 287 g/mol. The van der Waals surface area contributed by atoms with Crippen LogP contribution in [-0.4, -0.2) is 23.7 Å². The lowest BCUT2D eigenvalue weighted by molar-refractivity contribution is -0.0872. The van der Waals surface area contributed by atoms with Crippen molar-refractivity contribution in [3.8, 4) is 0 Å². The summed E-state index contributed by atoms with van der Waals surface area (Å²) in [5.74, 6) is -2.98. The maximum absolute atomic E-state index is 12.9. The molecule has 0 bridgehead atoms. The molecule has 1 saturated carbocycles. The van der Waals surface area contributed by atoms with E-state index in [0.717, 1.165) is 0 Å². The number of nitrogens with zero attached hydrogens (tertiary/aromatic N) is 2. The summed E-state index contributed by atoms with van der Waals surface area (Å²) < 4.78 is 50.0. The molecule has 8 heteroatoms. The summed E-state index contributed by atoms with van der Waals surface area (Å²) in [6.07, 6.45) is 2.48. The summed E-state index contributed by atoms with van der Waals surface area (Å²) >= 11 is 0. The Morgan fingerprint density at radius 3 is 2.68 bits per heavy atom. The Kier molecular flexibility index (Phi) is 2.45. The molecular weight excluding hydrogens is 276 g/mol. The Bertz CT molecular complexity index is 746. The van der Waals surface area contributed by atoms with Crippen LogP contribution in [-0.2, 0) is 10.0 Å². The molecule has 2 N–H and O–H groups in total. The first-order valence-corrected chi connectivity index (χ1v) is 7.18. The van der Waals surface area contributed by atoms with Crippen molar-refractivity contribution in [1.82, 2.24) is 9.38 Å². The Balaban J connectivity index is 2.07. The van der Waals surface area contributed by atoms with Gasteiger partial charge in [-0.1, -0.05) is 0 Å². The number of halogens is 2. The predicted octanol–water partition coefficient (Wildman–Crippen LogP) is 1.49. The molecule has 102 valence electrons. The van der Waals surface area contributed by atoms with E-state index >= 15 is 0 Å². The molecule has 5 nitrogen and oxygen atoms in total. The van der Waals surface area contributed by atoms with Gasteiger partial charge in [-0.2, -0.15) is 0 Å². The van der Waals surface area contributed by atoms with Crippen LogP contribution in [0.2, 0.25) is 0 Å². The summed E-state index contributed by atoms with van der Waals surface area (Å²) in [5, 5.41) is 5.05. The number of fused-ring (bicyclic) bond motifs is 1. The van der Waals surface area contributed by atoms with E-state index in [1.54, 1.807) is 4.40 Å². The predicted molar refractivity (Wildman–Crippen MR) is 63.5 cm³/mol. The molecule has 1 aliphatic carbocycles. The van der Waals surface area contributed by atoms with E-state index < -0.39 is 15.9 Å². The van der Waals surface area contributed by atoms with Crippen molar-refractivity contribution in [1.29, 1.82) is 0 Å². The summed E-state index contributed by atoms with van der Waals surface area (Å²) in [4.78, 5) is 4.05. The van der Waals surface area contributed by atoms with E-state index in [1.807, 2.05) is 0 Å². The Morgan fingerprint density at radius 2 is 2.11 bits per heavy atom. The highest BCUT2D eigenvalue weighted by atomic mass is 32.2. The summed E-state index contributed by atoms with van der Waals surface area (Å²) in [6.45, 7) is 0. The molecule has 0 atom stereocenters. The Morgan fingerprint density at radius 1 is 1.42 bits per heavy atom. The number of nitrogens with two attached hydrogens (primary N) is 1. The molecule has 0 aromatic carbocycles. The summed E-state index contributed by atoms with van der Waals surface area (Å²) in [6, 6.07) is 2.72. The molecule has 1 fully saturated rings. The second-order valence-electron chi connectivity index (χ2n) is 4.79. The van der Waals surface area contributed by atoms with Crippen molar-refractivity contribution in [3.05, 3.63) is 30.4 Å². The van der Waals surface area contributed by atoms with Gasteiger partial charge >= 0.3 is 0 Å². The van der Waals surface area contributed by atoms with E-state index in [-0.39, 0.29) is 23.7 Å². The first kappa shape index (κ1) is 12.5. The molecule has 2 aromatic heterocycles. The second kappa shape index (κ2) is 3.73. The molecule has 0 amide bonds. The highest BCUT2D eigenvalue weighted by Gasteiger charge is 2.47. The van der Waals surface area contributed by atoms with Crippen molar-refractivity contribution in [2.75, 3.05) is 0 Å². The highest BCUT2D eigenvalue weighted by molar-refractivity contribution is 7.89. The van der Waals surface area contributed by atoms with Crippen LogP contribution in [0.3, 0.4) is 0 Å². The number of aromatic nitrogens is 2. The van der Waals surface area contributed by atoms with Crippen LogP contribution in [0.5, 0.6) is 0 Å². The van der Waals surface area contributed by atoms with Crippen LogP contribution in [0.1, 0.15) is 24.5 Å². The van der Waals surface area contributed by atoms with Crippen molar-refractivity contribution in [2.24, 2.45) is 5.14 Å². The van der Waals surface area contributed by atoms with Gasteiger partial charge in [0.15, 0.2) is 0 Å². The minimum absolute atomic E-state index is 0.0483. The molecule has 0 aliphatic heterocycles. The van der Waals surface area contributed by atoms with E-state index in [9.17, 15) is 17.2 Å². The number of alkyl halides is 2. The smallest absolute Gasteiger partial charge is 0.249 e. The van der Waals surface area contributed by atoms with E-state index in [2.05, 4.69) is 4.98 Å². The molecule has 0 spiro atoms. The van der Waals surface area contributed by atoms with E-state index in [0.29, 0.717) is 11.2 Å². The quantitative estimate of drug-likeness (QED) is 0.909. The van der Waals surface area contributed by atoms with Gasteiger partial charge in [0.2, 0.25) is 15.9 Å².